The lowest BCUT2D eigenvalue weighted by molar-refractivity contribution is 0.0955. The highest BCUT2D eigenvalue weighted by Gasteiger charge is 2.09. The largest absolute Gasteiger partial charge is 0.361 e. The minimum absolute atomic E-state index is 0.0512. The lowest BCUT2D eigenvalue weighted by atomic mass is 10.1. The molecule has 0 unspecified atom stereocenters. The van der Waals surface area contributed by atoms with E-state index in [1.807, 2.05) is 30.5 Å². The zero-order valence-electron chi connectivity index (χ0n) is 10.3. The number of aromatic amines is 2. The van der Waals surface area contributed by atoms with Gasteiger partial charge in [0.2, 0.25) is 0 Å². The number of carbonyl (C=O) groups excluding carboxylic acids is 1. The van der Waals surface area contributed by atoms with Gasteiger partial charge in [0, 0.05) is 47.5 Å². The molecule has 3 aromatic rings. The van der Waals surface area contributed by atoms with E-state index in [-0.39, 0.29) is 5.91 Å². The Morgan fingerprint density at radius 1 is 1.26 bits per heavy atom. The van der Waals surface area contributed by atoms with Crippen molar-refractivity contribution in [2.24, 2.45) is 0 Å². The molecule has 5 heteroatoms. The summed E-state index contributed by atoms with van der Waals surface area (Å²) in [4.78, 5) is 22.2. The maximum atomic E-state index is 12.1. The Morgan fingerprint density at radius 2 is 2.21 bits per heavy atom. The Hall–Kier alpha value is -2.56. The minimum Gasteiger partial charge on any atom is -0.361 e. The van der Waals surface area contributed by atoms with Gasteiger partial charge in [-0.2, -0.15) is 0 Å². The van der Waals surface area contributed by atoms with Gasteiger partial charge in [-0.3, -0.25) is 4.79 Å². The highest BCUT2D eigenvalue weighted by Crippen LogP contribution is 2.16. The molecule has 0 aliphatic rings. The fourth-order valence-corrected chi connectivity index (χ4v) is 2.11. The first-order valence-corrected chi connectivity index (χ1v) is 6.16. The van der Waals surface area contributed by atoms with Crippen LogP contribution in [0, 0.1) is 0 Å². The second kappa shape index (κ2) is 4.97. The molecule has 19 heavy (non-hydrogen) atoms. The van der Waals surface area contributed by atoms with Crippen LogP contribution in [0.4, 0.5) is 0 Å². The molecular weight excluding hydrogens is 240 g/mol. The number of rotatable bonds is 4. The number of H-pyrrole nitrogens is 2. The summed E-state index contributed by atoms with van der Waals surface area (Å²) in [6.07, 6.45) is 5.98. The number of carbonyl (C=O) groups is 1. The second-order valence-electron chi connectivity index (χ2n) is 4.33. The molecule has 0 saturated heterocycles. The molecule has 0 radical (unpaired) electrons. The normalized spacial score (nSPS) is 10.7. The second-order valence-corrected chi connectivity index (χ2v) is 4.33. The summed E-state index contributed by atoms with van der Waals surface area (Å²) in [7, 11) is 0. The highest BCUT2D eigenvalue weighted by atomic mass is 16.1. The number of aromatic nitrogens is 3. The van der Waals surface area contributed by atoms with Crippen LogP contribution in [0.5, 0.6) is 0 Å². The molecule has 0 aliphatic carbocycles. The van der Waals surface area contributed by atoms with Gasteiger partial charge in [0.05, 0.1) is 6.33 Å². The standard InChI is InChI=1S/C14H14N4O/c19-14(17-6-4-10-8-15-9-18-10)12-2-1-3-13-11(12)5-7-16-13/h1-3,5,7-9,16H,4,6H2,(H,15,18)(H,17,19). The highest BCUT2D eigenvalue weighted by molar-refractivity contribution is 6.06. The summed E-state index contributed by atoms with van der Waals surface area (Å²) in [6.45, 7) is 0.585. The van der Waals surface area contributed by atoms with Gasteiger partial charge in [-0.05, 0) is 18.2 Å². The van der Waals surface area contributed by atoms with Crippen LogP contribution >= 0.6 is 0 Å². The molecule has 96 valence electrons. The van der Waals surface area contributed by atoms with Crippen LogP contribution in [0.1, 0.15) is 16.1 Å². The topological polar surface area (TPSA) is 73.6 Å². The number of amides is 1. The van der Waals surface area contributed by atoms with Crippen molar-refractivity contribution in [3.05, 3.63) is 54.2 Å². The molecule has 5 nitrogen and oxygen atoms in total. The summed E-state index contributed by atoms with van der Waals surface area (Å²) in [5.41, 5.74) is 2.68. The van der Waals surface area contributed by atoms with Crippen molar-refractivity contribution in [2.75, 3.05) is 6.54 Å². The van der Waals surface area contributed by atoms with Crippen molar-refractivity contribution < 1.29 is 4.79 Å². The first kappa shape index (κ1) is 11.5. The number of nitrogens with one attached hydrogen (secondary N) is 3. The van der Waals surface area contributed by atoms with E-state index in [0.717, 1.165) is 23.0 Å². The molecule has 0 fully saturated rings. The number of imidazole rings is 1. The summed E-state index contributed by atoms with van der Waals surface area (Å²) in [5, 5.41) is 3.86. The third-order valence-corrected chi connectivity index (χ3v) is 3.07. The van der Waals surface area contributed by atoms with E-state index in [0.29, 0.717) is 12.1 Å². The number of hydrogen-bond acceptors (Lipinski definition) is 2. The summed E-state index contributed by atoms with van der Waals surface area (Å²) in [5.74, 6) is -0.0512. The van der Waals surface area contributed by atoms with Crippen molar-refractivity contribution in [1.82, 2.24) is 20.3 Å². The SMILES string of the molecule is O=C(NCCc1cnc[nH]1)c1cccc2[nH]ccc12. The molecule has 0 spiro atoms. The third kappa shape index (κ3) is 2.35. The zero-order valence-corrected chi connectivity index (χ0v) is 10.3. The summed E-state index contributed by atoms with van der Waals surface area (Å²) in [6, 6.07) is 7.58. The van der Waals surface area contributed by atoms with E-state index in [9.17, 15) is 4.79 Å². The maximum Gasteiger partial charge on any atom is 0.251 e. The molecule has 2 heterocycles. The Kier molecular flexibility index (Phi) is 3.02. The Labute approximate surface area is 110 Å². The molecular formula is C14H14N4O. The summed E-state index contributed by atoms with van der Waals surface area (Å²) < 4.78 is 0. The number of benzene rings is 1. The number of fused-ring (bicyclic) bond motifs is 1. The van der Waals surface area contributed by atoms with E-state index in [1.165, 1.54) is 0 Å². The van der Waals surface area contributed by atoms with Gasteiger partial charge in [-0.15, -0.1) is 0 Å². The fourth-order valence-electron chi connectivity index (χ4n) is 2.11. The average Bonchev–Trinajstić information content (AvgIpc) is 3.08. The van der Waals surface area contributed by atoms with Gasteiger partial charge in [0.25, 0.3) is 5.91 Å². The van der Waals surface area contributed by atoms with E-state index in [2.05, 4.69) is 20.3 Å². The Balaban J connectivity index is 1.68. The van der Waals surface area contributed by atoms with Crippen molar-refractivity contribution in [1.29, 1.82) is 0 Å². The van der Waals surface area contributed by atoms with E-state index in [1.54, 1.807) is 12.5 Å². The molecule has 0 saturated carbocycles. The quantitative estimate of drug-likeness (QED) is 0.665. The minimum atomic E-state index is -0.0512. The molecule has 0 atom stereocenters. The van der Waals surface area contributed by atoms with Crippen LogP contribution in [0.25, 0.3) is 10.9 Å². The van der Waals surface area contributed by atoms with E-state index < -0.39 is 0 Å². The predicted octanol–water partition coefficient (Wildman–Crippen LogP) is 1.86. The van der Waals surface area contributed by atoms with Gasteiger partial charge >= 0.3 is 0 Å². The lowest BCUT2D eigenvalue weighted by Crippen LogP contribution is -2.25. The Bertz CT molecular complexity index is 684. The van der Waals surface area contributed by atoms with Crippen molar-refractivity contribution in [3.8, 4) is 0 Å². The van der Waals surface area contributed by atoms with Gasteiger partial charge < -0.3 is 15.3 Å². The van der Waals surface area contributed by atoms with Gasteiger partial charge in [-0.25, -0.2) is 4.98 Å². The van der Waals surface area contributed by atoms with Crippen LogP contribution < -0.4 is 5.32 Å². The van der Waals surface area contributed by atoms with Crippen LogP contribution in [-0.4, -0.2) is 27.4 Å². The fraction of sp³-hybridized carbons (Fsp3) is 0.143. The zero-order chi connectivity index (χ0) is 13.1. The van der Waals surface area contributed by atoms with Crippen LogP contribution in [0.2, 0.25) is 0 Å². The van der Waals surface area contributed by atoms with Gasteiger partial charge in [0.1, 0.15) is 0 Å². The maximum absolute atomic E-state index is 12.1. The van der Waals surface area contributed by atoms with Crippen molar-refractivity contribution in [2.45, 2.75) is 6.42 Å². The average molecular weight is 254 g/mol. The predicted molar refractivity (Wildman–Crippen MR) is 72.9 cm³/mol. The number of hydrogen-bond donors (Lipinski definition) is 3. The molecule has 3 rings (SSSR count). The first-order valence-electron chi connectivity index (χ1n) is 6.16. The third-order valence-electron chi connectivity index (χ3n) is 3.07. The van der Waals surface area contributed by atoms with E-state index >= 15 is 0 Å². The Morgan fingerprint density at radius 3 is 3.05 bits per heavy atom. The molecule has 1 aromatic carbocycles. The number of nitrogens with zero attached hydrogens (tertiary/aromatic N) is 1. The van der Waals surface area contributed by atoms with Crippen LogP contribution in [-0.2, 0) is 6.42 Å². The molecule has 1 amide bonds. The molecule has 2 aromatic heterocycles. The molecule has 0 bridgehead atoms. The molecule has 0 aliphatic heterocycles. The smallest absolute Gasteiger partial charge is 0.251 e. The van der Waals surface area contributed by atoms with E-state index in [4.69, 9.17) is 0 Å². The van der Waals surface area contributed by atoms with Crippen LogP contribution in [0.15, 0.2) is 43.0 Å². The first-order chi connectivity index (χ1) is 9.34. The van der Waals surface area contributed by atoms with Crippen molar-refractivity contribution >= 4 is 16.8 Å². The monoisotopic (exact) mass is 254 g/mol. The molecule has 3 N–H and O–H groups in total. The van der Waals surface area contributed by atoms with Gasteiger partial charge in [0.15, 0.2) is 0 Å². The van der Waals surface area contributed by atoms with Crippen LogP contribution in [0.3, 0.4) is 0 Å². The van der Waals surface area contributed by atoms with Gasteiger partial charge in [-0.1, -0.05) is 6.07 Å². The summed E-state index contributed by atoms with van der Waals surface area (Å²) >= 11 is 0. The van der Waals surface area contributed by atoms with Crippen molar-refractivity contribution in [3.63, 3.8) is 0 Å². The lowest BCUT2D eigenvalue weighted by Gasteiger charge is -2.05.